The predicted octanol–water partition coefficient (Wildman–Crippen LogP) is 1.69. The summed E-state index contributed by atoms with van der Waals surface area (Å²) in [5.41, 5.74) is 1.11. The quantitative estimate of drug-likeness (QED) is 0.592. The Labute approximate surface area is 167 Å². The molecule has 2 aromatic carbocycles. The van der Waals surface area contributed by atoms with Gasteiger partial charge in [0, 0.05) is 19.8 Å². The third-order valence-corrected chi connectivity index (χ3v) is 4.25. The van der Waals surface area contributed by atoms with Gasteiger partial charge < -0.3 is 20.5 Å². The van der Waals surface area contributed by atoms with Gasteiger partial charge in [-0.15, -0.1) is 0 Å². The number of nitrogens with one attached hydrogen (secondary N) is 2. The SMILES string of the molecule is COc1ccccc1C[C@@H](NC(=O)[C@@H](Cc1cccc(F)c1)NC(C)=O)C(=O)O. The Hall–Kier alpha value is -3.42. The lowest BCUT2D eigenvalue weighted by atomic mass is 10.0. The molecule has 0 spiro atoms. The molecule has 0 aliphatic rings. The summed E-state index contributed by atoms with van der Waals surface area (Å²) in [6.45, 7) is 1.25. The number of benzene rings is 2. The Morgan fingerprint density at radius 2 is 1.76 bits per heavy atom. The summed E-state index contributed by atoms with van der Waals surface area (Å²) in [4.78, 5) is 35.9. The number of carbonyl (C=O) groups is 3. The number of halogens is 1. The van der Waals surface area contributed by atoms with Gasteiger partial charge in [0.2, 0.25) is 11.8 Å². The number of carbonyl (C=O) groups excluding carboxylic acids is 2. The van der Waals surface area contributed by atoms with Gasteiger partial charge in [0.05, 0.1) is 7.11 Å². The molecule has 2 rings (SSSR count). The summed E-state index contributed by atoms with van der Waals surface area (Å²) in [5, 5.41) is 14.5. The highest BCUT2D eigenvalue weighted by Gasteiger charge is 2.27. The van der Waals surface area contributed by atoms with Crippen molar-refractivity contribution in [2.75, 3.05) is 7.11 Å². The van der Waals surface area contributed by atoms with Crippen molar-refractivity contribution in [2.45, 2.75) is 31.8 Å². The molecule has 3 N–H and O–H groups in total. The maximum Gasteiger partial charge on any atom is 0.326 e. The van der Waals surface area contributed by atoms with Gasteiger partial charge in [-0.2, -0.15) is 0 Å². The largest absolute Gasteiger partial charge is 0.496 e. The average Bonchev–Trinajstić information content (AvgIpc) is 2.66. The second-order valence-electron chi connectivity index (χ2n) is 6.50. The topological polar surface area (TPSA) is 105 Å². The highest BCUT2D eigenvalue weighted by molar-refractivity contribution is 5.90. The van der Waals surface area contributed by atoms with Crippen LogP contribution in [0.25, 0.3) is 0 Å². The number of hydrogen-bond donors (Lipinski definition) is 3. The summed E-state index contributed by atoms with van der Waals surface area (Å²) >= 11 is 0. The van der Waals surface area contributed by atoms with Gasteiger partial charge in [0.25, 0.3) is 0 Å². The van der Waals surface area contributed by atoms with Crippen molar-refractivity contribution >= 4 is 17.8 Å². The zero-order chi connectivity index (χ0) is 21.4. The molecular weight excluding hydrogens is 379 g/mol. The summed E-state index contributed by atoms with van der Waals surface area (Å²) in [5.74, 6) is -2.32. The lowest BCUT2D eigenvalue weighted by Crippen LogP contribution is -2.52. The van der Waals surface area contributed by atoms with E-state index in [9.17, 15) is 23.9 Å². The van der Waals surface area contributed by atoms with Crippen LogP contribution in [-0.4, -0.2) is 42.1 Å². The number of para-hydroxylation sites is 1. The van der Waals surface area contributed by atoms with Gasteiger partial charge >= 0.3 is 5.97 Å². The van der Waals surface area contributed by atoms with Crippen LogP contribution in [0, 0.1) is 5.82 Å². The van der Waals surface area contributed by atoms with Crippen molar-refractivity contribution in [3.8, 4) is 5.75 Å². The first-order valence-corrected chi connectivity index (χ1v) is 8.96. The van der Waals surface area contributed by atoms with Gasteiger partial charge in [-0.05, 0) is 29.3 Å². The molecule has 0 saturated carbocycles. The number of amides is 2. The van der Waals surface area contributed by atoms with Gasteiger partial charge in [-0.25, -0.2) is 9.18 Å². The summed E-state index contributed by atoms with van der Waals surface area (Å²) < 4.78 is 18.7. The normalized spacial score (nSPS) is 12.5. The van der Waals surface area contributed by atoms with E-state index in [4.69, 9.17) is 4.74 Å². The lowest BCUT2D eigenvalue weighted by molar-refractivity contribution is -0.142. The molecule has 2 amide bonds. The molecule has 8 heteroatoms. The van der Waals surface area contributed by atoms with E-state index in [0.29, 0.717) is 16.9 Å². The molecular formula is C21H23FN2O5. The number of hydrogen-bond acceptors (Lipinski definition) is 4. The minimum absolute atomic E-state index is 0.00214. The molecule has 2 aromatic rings. The van der Waals surface area contributed by atoms with Crippen LogP contribution in [0.1, 0.15) is 18.1 Å². The maximum atomic E-state index is 13.4. The molecule has 2 atom stereocenters. The van der Waals surface area contributed by atoms with Gasteiger partial charge in [-0.1, -0.05) is 30.3 Å². The molecule has 0 saturated heterocycles. The van der Waals surface area contributed by atoms with Gasteiger partial charge in [-0.3, -0.25) is 9.59 Å². The van der Waals surface area contributed by atoms with Crippen molar-refractivity contribution in [2.24, 2.45) is 0 Å². The van der Waals surface area contributed by atoms with Crippen LogP contribution >= 0.6 is 0 Å². The second kappa shape index (κ2) is 10.2. The standard InChI is InChI=1S/C21H23FN2O5/c1-13(25)23-17(11-14-6-5-8-16(22)10-14)20(26)24-18(21(27)28)12-15-7-3-4-9-19(15)29-2/h3-10,17-18H,11-12H2,1-2H3,(H,23,25)(H,24,26)(H,27,28)/t17-,18-/m1/s1. The van der Waals surface area contributed by atoms with Crippen LogP contribution in [0.4, 0.5) is 4.39 Å². The van der Waals surface area contributed by atoms with Gasteiger partial charge in [0.15, 0.2) is 0 Å². The molecule has 154 valence electrons. The molecule has 0 heterocycles. The minimum atomic E-state index is -1.23. The average molecular weight is 402 g/mol. The minimum Gasteiger partial charge on any atom is -0.496 e. The second-order valence-corrected chi connectivity index (χ2v) is 6.50. The third kappa shape index (κ3) is 6.60. The fourth-order valence-corrected chi connectivity index (χ4v) is 2.92. The molecule has 0 aliphatic heterocycles. The summed E-state index contributed by atoms with van der Waals surface area (Å²) in [7, 11) is 1.47. The van der Waals surface area contributed by atoms with E-state index in [0.717, 1.165) is 0 Å². The van der Waals surface area contributed by atoms with Crippen molar-refractivity contribution in [3.63, 3.8) is 0 Å². The number of carboxylic acids is 1. The van der Waals surface area contributed by atoms with Crippen LogP contribution in [-0.2, 0) is 27.2 Å². The molecule has 0 fully saturated rings. The smallest absolute Gasteiger partial charge is 0.326 e. The number of aliphatic carboxylic acids is 1. The molecule has 7 nitrogen and oxygen atoms in total. The van der Waals surface area contributed by atoms with Crippen LogP contribution < -0.4 is 15.4 Å². The third-order valence-electron chi connectivity index (χ3n) is 4.25. The van der Waals surface area contributed by atoms with Crippen molar-refractivity contribution in [1.82, 2.24) is 10.6 Å². The fourth-order valence-electron chi connectivity index (χ4n) is 2.92. The fraction of sp³-hybridized carbons (Fsp3) is 0.286. The van der Waals surface area contributed by atoms with Crippen molar-refractivity contribution in [1.29, 1.82) is 0 Å². The van der Waals surface area contributed by atoms with E-state index < -0.39 is 35.7 Å². The highest BCUT2D eigenvalue weighted by atomic mass is 19.1. The predicted molar refractivity (Wildman–Crippen MR) is 104 cm³/mol. The van der Waals surface area contributed by atoms with E-state index >= 15 is 0 Å². The molecule has 0 aromatic heterocycles. The molecule has 0 aliphatic carbocycles. The molecule has 29 heavy (non-hydrogen) atoms. The molecule has 0 unspecified atom stereocenters. The van der Waals surface area contributed by atoms with E-state index in [1.165, 1.54) is 32.2 Å². The summed E-state index contributed by atoms with van der Waals surface area (Å²) in [6.07, 6.45) is 0.0159. The van der Waals surface area contributed by atoms with Crippen LogP contribution in [0.5, 0.6) is 5.75 Å². The zero-order valence-corrected chi connectivity index (χ0v) is 16.1. The Bertz CT molecular complexity index is 887. The Morgan fingerprint density at radius 1 is 1.03 bits per heavy atom. The van der Waals surface area contributed by atoms with E-state index in [2.05, 4.69) is 10.6 Å². The zero-order valence-electron chi connectivity index (χ0n) is 16.1. The van der Waals surface area contributed by atoms with Crippen LogP contribution in [0.15, 0.2) is 48.5 Å². The maximum absolute atomic E-state index is 13.4. The number of carboxylic acid groups (broad SMARTS) is 1. The Balaban J connectivity index is 2.17. The van der Waals surface area contributed by atoms with Crippen LogP contribution in [0.2, 0.25) is 0 Å². The molecule has 0 radical (unpaired) electrons. The summed E-state index contributed by atoms with van der Waals surface area (Å²) in [6, 6.07) is 10.3. The first kappa shape index (κ1) is 21.9. The monoisotopic (exact) mass is 402 g/mol. The van der Waals surface area contributed by atoms with Crippen molar-refractivity contribution < 1.29 is 28.6 Å². The molecule has 0 bridgehead atoms. The first-order chi connectivity index (χ1) is 13.8. The Morgan fingerprint density at radius 3 is 2.38 bits per heavy atom. The van der Waals surface area contributed by atoms with Gasteiger partial charge in [0.1, 0.15) is 23.7 Å². The van der Waals surface area contributed by atoms with Crippen molar-refractivity contribution in [3.05, 3.63) is 65.5 Å². The lowest BCUT2D eigenvalue weighted by Gasteiger charge is -2.22. The van der Waals surface area contributed by atoms with E-state index in [1.807, 2.05) is 0 Å². The first-order valence-electron chi connectivity index (χ1n) is 8.96. The highest BCUT2D eigenvalue weighted by Crippen LogP contribution is 2.19. The number of rotatable bonds is 9. The number of ether oxygens (including phenoxy) is 1. The van der Waals surface area contributed by atoms with E-state index in [1.54, 1.807) is 30.3 Å². The Kier molecular flexibility index (Phi) is 7.70. The van der Waals surface area contributed by atoms with Crippen LogP contribution in [0.3, 0.4) is 0 Å². The number of methoxy groups -OCH3 is 1. The van der Waals surface area contributed by atoms with E-state index in [-0.39, 0.29) is 12.8 Å².